The summed E-state index contributed by atoms with van der Waals surface area (Å²) in [5, 5.41) is 1.94. The second-order valence-corrected chi connectivity index (χ2v) is 24.7. The maximum absolute atomic E-state index is 17.8. The second-order valence-electron chi connectivity index (χ2n) is 19.1. The third-order valence-electron chi connectivity index (χ3n) is 12.9. The van der Waals surface area contributed by atoms with Crippen molar-refractivity contribution in [2.75, 3.05) is 45.1 Å². The lowest BCUT2D eigenvalue weighted by Gasteiger charge is -2.42. The van der Waals surface area contributed by atoms with E-state index < -0.39 is 31.0 Å². The molecule has 0 unspecified atom stereocenters. The third kappa shape index (κ3) is 8.73. The van der Waals surface area contributed by atoms with Crippen molar-refractivity contribution in [1.29, 1.82) is 0 Å². The largest absolute Gasteiger partial charge is 0.468 e. The highest BCUT2D eigenvalue weighted by Crippen LogP contribution is 2.45. The van der Waals surface area contributed by atoms with Gasteiger partial charge in [0.2, 0.25) is 0 Å². The van der Waals surface area contributed by atoms with Gasteiger partial charge in [0.25, 0.3) is 0 Å². The molecule has 332 valence electrons. The fourth-order valence-electron chi connectivity index (χ4n) is 9.77. The number of piperazine rings is 1. The first-order valence-electron chi connectivity index (χ1n) is 22.0. The number of halogens is 1. The van der Waals surface area contributed by atoms with Gasteiger partial charge in [-0.15, -0.1) is 5.54 Å². The van der Waals surface area contributed by atoms with E-state index in [9.17, 15) is 9.59 Å². The molecular weight excluding hydrogens is 806 g/mol. The van der Waals surface area contributed by atoms with Crippen molar-refractivity contribution in [3.8, 4) is 34.5 Å². The number of hydrogen-bond donors (Lipinski definition) is 0. The third-order valence-corrected chi connectivity index (χ3v) is 19.2. The number of hydrogen-bond acceptors (Lipinski definition) is 11. The Morgan fingerprint density at radius 3 is 2.40 bits per heavy atom. The number of rotatable bonds is 14. The Bertz CT molecular complexity index is 2370. The molecule has 3 atom stereocenters. The molecule has 2 bridgehead atoms. The minimum Gasteiger partial charge on any atom is -0.468 e. The number of ether oxygens (including phenoxy) is 5. The molecule has 3 aliphatic rings. The van der Waals surface area contributed by atoms with Gasteiger partial charge in [-0.05, 0) is 87.2 Å². The summed E-state index contributed by atoms with van der Waals surface area (Å²) in [7, 11) is -0.594. The zero-order valence-corrected chi connectivity index (χ0v) is 39.1. The van der Waals surface area contributed by atoms with Gasteiger partial charge in [0.15, 0.2) is 12.6 Å². The molecule has 1 amide bonds. The number of anilines is 1. The van der Waals surface area contributed by atoms with Crippen molar-refractivity contribution in [3.05, 3.63) is 47.9 Å². The monoisotopic (exact) mass is 867 g/mol. The SMILES string of the molecule is CCO[C@H]1C[C@H]2CN(c3nc(OCC4(C=O)CC4)nc4c(F)c(-c5cc(OCOC)cc6cccc(C#C[Si](C(C)C)(C(C)C)C(C)C)c56)ncc34)C[C@@H]1N2C(=O)OC(C)(C)C. The highest BCUT2D eigenvalue weighted by molar-refractivity contribution is 6.90. The Morgan fingerprint density at radius 1 is 1.05 bits per heavy atom. The van der Waals surface area contributed by atoms with Crippen LogP contribution in [0.15, 0.2) is 36.5 Å². The number of amides is 1. The molecule has 4 aromatic rings. The molecule has 1 saturated carbocycles. The van der Waals surface area contributed by atoms with Gasteiger partial charge in [-0.3, -0.25) is 9.88 Å². The van der Waals surface area contributed by atoms with Crippen LogP contribution in [0.1, 0.15) is 94.1 Å². The fourth-order valence-corrected chi connectivity index (χ4v) is 15.0. The first-order chi connectivity index (χ1) is 29.5. The second kappa shape index (κ2) is 17.7. The van der Waals surface area contributed by atoms with E-state index in [4.69, 9.17) is 38.6 Å². The zero-order chi connectivity index (χ0) is 44.7. The average molecular weight is 868 g/mol. The summed E-state index contributed by atoms with van der Waals surface area (Å²) in [5.74, 6) is 3.85. The topological polar surface area (TPSA) is 125 Å². The number of methoxy groups -OCH3 is 1. The smallest absolute Gasteiger partial charge is 0.411 e. The van der Waals surface area contributed by atoms with Gasteiger partial charge in [-0.25, -0.2) is 9.18 Å². The maximum atomic E-state index is 17.8. The van der Waals surface area contributed by atoms with Crippen LogP contribution in [0.4, 0.5) is 15.0 Å². The minimum atomic E-state index is -2.14. The Morgan fingerprint density at radius 2 is 1.77 bits per heavy atom. The van der Waals surface area contributed by atoms with Crippen molar-refractivity contribution in [3.63, 3.8) is 0 Å². The summed E-state index contributed by atoms with van der Waals surface area (Å²) in [6, 6.07) is 8.94. The molecule has 0 N–H and O–H groups in total. The number of fused-ring (bicyclic) bond motifs is 4. The van der Waals surface area contributed by atoms with E-state index >= 15 is 4.39 Å². The number of nitrogens with zero attached hydrogens (tertiary/aromatic N) is 5. The van der Waals surface area contributed by atoms with Crippen LogP contribution in [0.3, 0.4) is 0 Å². The molecule has 0 radical (unpaired) electrons. The number of benzene rings is 2. The summed E-state index contributed by atoms with van der Waals surface area (Å²) in [6.45, 7) is 22.4. The van der Waals surface area contributed by atoms with Crippen LogP contribution in [-0.4, -0.2) is 104 Å². The van der Waals surface area contributed by atoms with E-state index in [0.717, 1.165) is 22.6 Å². The summed E-state index contributed by atoms with van der Waals surface area (Å²) in [6.07, 6.45) is 3.90. The quantitative estimate of drug-likeness (QED) is 0.0521. The van der Waals surface area contributed by atoms with Crippen molar-refractivity contribution < 1.29 is 37.7 Å². The van der Waals surface area contributed by atoms with Crippen LogP contribution in [0.5, 0.6) is 11.8 Å². The van der Waals surface area contributed by atoms with E-state index in [1.54, 1.807) is 24.3 Å². The van der Waals surface area contributed by atoms with E-state index in [2.05, 4.69) is 53.0 Å². The number of aldehydes is 1. The predicted octanol–water partition coefficient (Wildman–Crippen LogP) is 9.50. The Hall–Kier alpha value is -4.84. The lowest BCUT2D eigenvalue weighted by Crippen LogP contribution is -2.58. The predicted molar refractivity (Wildman–Crippen MR) is 242 cm³/mol. The average Bonchev–Trinajstić information content (AvgIpc) is 3.96. The van der Waals surface area contributed by atoms with Gasteiger partial charge in [0.1, 0.15) is 49.3 Å². The van der Waals surface area contributed by atoms with Crippen LogP contribution >= 0.6 is 0 Å². The van der Waals surface area contributed by atoms with Crippen LogP contribution in [0.2, 0.25) is 16.6 Å². The molecule has 2 aromatic carbocycles. The normalized spacial score (nSPS) is 19.6. The van der Waals surface area contributed by atoms with Crippen molar-refractivity contribution in [2.45, 2.75) is 129 Å². The zero-order valence-electron chi connectivity index (χ0n) is 38.1. The molecule has 12 nitrogen and oxygen atoms in total. The number of pyridine rings is 1. The number of carbonyl (C=O) groups is 2. The number of aromatic nitrogens is 3. The van der Waals surface area contributed by atoms with E-state index in [1.807, 2.05) is 56.9 Å². The fraction of sp³-hybridized carbons (Fsp3) is 0.562. The lowest BCUT2D eigenvalue weighted by molar-refractivity contribution is -0.113. The minimum absolute atomic E-state index is 0.00372. The van der Waals surface area contributed by atoms with Gasteiger partial charge in [0.05, 0.1) is 29.0 Å². The standard InChI is InChI=1S/C48H62FN5O7Si/c1-12-58-39-21-34-24-53(25-38(39)54(34)46(56)61-47(8,9)10)44-37-23-50-42(41(49)43(37)51-45(52-44)59-27-48(26-55)17-18-48)36-22-35(60-28-57-11)20-33-15-13-14-32(40(33)36)16-19-62(29(2)3,30(4)5)31(6)7/h13-15,20,22-23,26,29-31,34,38-39H,12,17-18,21,24-25,27-28H2,1-11H3/t34-,38-,39-/m0/s1. The number of carbonyl (C=O) groups excluding carboxylic acids is 2. The van der Waals surface area contributed by atoms with E-state index in [0.29, 0.717) is 78.1 Å². The summed E-state index contributed by atoms with van der Waals surface area (Å²) in [5.41, 5.74) is 5.18. The van der Waals surface area contributed by atoms with Crippen LogP contribution in [0, 0.1) is 22.7 Å². The molecule has 2 saturated heterocycles. The van der Waals surface area contributed by atoms with Crippen molar-refractivity contribution in [2.24, 2.45) is 5.41 Å². The van der Waals surface area contributed by atoms with Gasteiger partial charge >= 0.3 is 12.1 Å². The summed E-state index contributed by atoms with van der Waals surface area (Å²) < 4.78 is 47.2. The highest BCUT2D eigenvalue weighted by Gasteiger charge is 2.51. The van der Waals surface area contributed by atoms with Crippen molar-refractivity contribution in [1.82, 2.24) is 19.9 Å². The lowest BCUT2D eigenvalue weighted by atomic mass is 9.96. The van der Waals surface area contributed by atoms with E-state index in [1.165, 1.54) is 0 Å². The molecule has 4 heterocycles. The summed E-state index contributed by atoms with van der Waals surface area (Å²) >= 11 is 0. The van der Waals surface area contributed by atoms with Crippen LogP contribution in [0.25, 0.3) is 32.9 Å². The van der Waals surface area contributed by atoms with Crippen LogP contribution in [-0.2, 0) is 19.0 Å². The van der Waals surface area contributed by atoms with Gasteiger partial charge in [0, 0.05) is 49.5 Å². The Labute approximate surface area is 366 Å². The molecule has 3 fully saturated rings. The first kappa shape index (κ1) is 45.2. The van der Waals surface area contributed by atoms with E-state index in [-0.39, 0.29) is 48.8 Å². The molecule has 2 aromatic heterocycles. The summed E-state index contributed by atoms with van der Waals surface area (Å²) in [4.78, 5) is 43.8. The highest BCUT2D eigenvalue weighted by atomic mass is 28.3. The molecule has 62 heavy (non-hydrogen) atoms. The molecule has 7 rings (SSSR count). The Kier molecular flexibility index (Phi) is 12.9. The molecule has 0 spiro atoms. The molecule has 14 heteroatoms. The van der Waals surface area contributed by atoms with Gasteiger partial charge in [-0.2, -0.15) is 9.97 Å². The van der Waals surface area contributed by atoms with Crippen molar-refractivity contribution >= 4 is 47.9 Å². The molecule has 1 aliphatic carbocycles. The van der Waals surface area contributed by atoms with Gasteiger partial charge < -0.3 is 33.4 Å². The Balaban J connectivity index is 1.39. The molecule has 2 aliphatic heterocycles. The van der Waals surface area contributed by atoms with Gasteiger partial charge in [-0.1, -0.05) is 59.6 Å². The van der Waals surface area contributed by atoms with Crippen LogP contribution < -0.4 is 14.4 Å². The molecular formula is C48H62FN5O7Si. The first-order valence-corrected chi connectivity index (χ1v) is 24.2. The maximum Gasteiger partial charge on any atom is 0.411 e.